The molecule has 15 heavy (non-hydrogen) atoms. The Kier molecular flexibility index (Phi) is 3.36. The van der Waals surface area contributed by atoms with Gasteiger partial charge >= 0.3 is 0 Å². The molecule has 3 atom stereocenters. The number of hydrogen-bond donors (Lipinski definition) is 0. The van der Waals surface area contributed by atoms with E-state index in [2.05, 4.69) is 32.6 Å². The zero-order chi connectivity index (χ0) is 11.0. The van der Waals surface area contributed by atoms with E-state index in [1.165, 1.54) is 13.1 Å². The average Bonchev–Trinajstić information content (AvgIpc) is 2.64. The minimum Gasteiger partial charge on any atom is -0.377 e. The van der Waals surface area contributed by atoms with Crippen molar-refractivity contribution in [3.8, 4) is 0 Å². The van der Waals surface area contributed by atoms with Crippen LogP contribution in [0.25, 0.3) is 0 Å². The first kappa shape index (κ1) is 11.4. The Hall–Kier alpha value is -0.0800. The van der Waals surface area contributed by atoms with Crippen molar-refractivity contribution < 1.29 is 4.74 Å². The van der Waals surface area contributed by atoms with Crippen LogP contribution >= 0.6 is 0 Å². The Morgan fingerprint density at radius 1 is 1.13 bits per heavy atom. The number of rotatable bonds is 5. The molecule has 0 amide bonds. The summed E-state index contributed by atoms with van der Waals surface area (Å²) in [7, 11) is 0. The van der Waals surface area contributed by atoms with Crippen LogP contribution in [0.5, 0.6) is 0 Å². The maximum atomic E-state index is 5.59. The second-order valence-corrected chi connectivity index (χ2v) is 5.83. The molecule has 1 heterocycles. The molecule has 2 aliphatic rings. The highest BCUT2D eigenvalue weighted by molar-refractivity contribution is 5.05. The lowest BCUT2D eigenvalue weighted by Crippen LogP contribution is -2.29. The van der Waals surface area contributed by atoms with Gasteiger partial charge in [0.2, 0.25) is 0 Å². The molecule has 0 radical (unpaired) electrons. The molecule has 0 unspecified atom stereocenters. The van der Waals surface area contributed by atoms with E-state index in [0.29, 0.717) is 6.10 Å². The summed E-state index contributed by atoms with van der Waals surface area (Å²) in [5.74, 6) is 3.97. The van der Waals surface area contributed by atoms with Gasteiger partial charge in [-0.1, -0.05) is 13.8 Å². The third-order valence-corrected chi connectivity index (χ3v) is 3.96. The molecule has 2 heteroatoms. The van der Waals surface area contributed by atoms with E-state index in [4.69, 9.17) is 4.74 Å². The Balaban J connectivity index is 1.62. The Labute approximate surface area is 94.0 Å². The molecule has 1 saturated carbocycles. The summed E-state index contributed by atoms with van der Waals surface area (Å²) in [5.41, 5.74) is 0. The van der Waals surface area contributed by atoms with Crippen LogP contribution in [-0.2, 0) is 4.74 Å². The third-order valence-electron chi connectivity index (χ3n) is 3.96. The zero-order valence-corrected chi connectivity index (χ0v) is 10.6. The average molecular weight is 211 g/mol. The van der Waals surface area contributed by atoms with Crippen molar-refractivity contribution in [1.82, 2.24) is 4.90 Å². The van der Waals surface area contributed by atoms with E-state index >= 15 is 0 Å². The maximum absolute atomic E-state index is 5.59. The highest BCUT2D eigenvalue weighted by atomic mass is 16.5. The predicted molar refractivity (Wildman–Crippen MR) is 62.8 cm³/mol. The first-order chi connectivity index (χ1) is 7.09. The molecule has 2 nitrogen and oxygen atoms in total. The quantitative estimate of drug-likeness (QED) is 0.691. The van der Waals surface area contributed by atoms with Crippen LogP contribution in [0, 0.1) is 23.7 Å². The Morgan fingerprint density at radius 2 is 1.73 bits per heavy atom. The summed E-state index contributed by atoms with van der Waals surface area (Å²) in [5, 5.41) is 0. The molecular weight excluding hydrogens is 186 g/mol. The van der Waals surface area contributed by atoms with Crippen LogP contribution in [0.4, 0.5) is 0 Å². The minimum atomic E-state index is 0.380. The molecule has 0 aromatic rings. The third kappa shape index (κ3) is 2.54. The fourth-order valence-corrected chi connectivity index (χ4v) is 3.25. The van der Waals surface area contributed by atoms with Crippen LogP contribution in [0.2, 0.25) is 0 Å². The normalized spacial score (nSPS) is 35.2. The van der Waals surface area contributed by atoms with Gasteiger partial charge in [-0.15, -0.1) is 0 Å². The number of ether oxygens (including phenoxy) is 1. The topological polar surface area (TPSA) is 12.5 Å². The largest absolute Gasteiger partial charge is 0.377 e. The van der Waals surface area contributed by atoms with Gasteiger partial charge in [-0.05, 0) is 37.5 Å². The molecule has 1 saturated heterocycles. The van der Waals surface area contributed by atoms with Crippen molar-refractivity contribution in [2.45, 2.75) is 33.8 Å². The lowest BCUT2D eigenvalue weighted by Gasteiger charge is -2.20. The van der Waals surface area contributed by atoms with Gasteiger partial charge in [0.05, 0.1) is 12.7 Å². The SMILES string of the molecule is CC(C)OCCN1C[C@@H]2[C@H](C1)[C@H]2C(C)C. The standard InChI is InChI=1S/C13H25NO/c1-9(2)13-11-7-14(8-12(11)13)5-6-15-10(3)4/h9-13H,5-8H2,1-4H3/t11-,12+,13+. The van der Waals surface area contributed by atoms with E-state index in [0.717, 1.165) is 36.8 Å². The molecule has 0 N–H and O–H groups in total. The molecule has 0 spiro atoms. The van der Waals surface area contributed by atoms with E-state index in [9.17, 15) is 0 Å². The minimum absolute atomic E-state index is 0.380. The summed E-state index contributed by atoms with van der Waals surface area (Å²) in [4.78, 5) is 2.58. The summed E-state index contributed by atoms with van der Waals surface area (Å²) < 4.78 is 5.59. The van der Waals surface area contributed by atoms with Gasteiger partial charge in [-0.3, -0.25) is 0 Å². The van der Waals surface area contributed by atoms with Gasteiger partial charge in [0.1, 0.15) is 0 Å². The van der Waals surface area contributed by atoms with Crippen molar-refractivity contribution in [2.75, 3.05) is 26.2 Å². The Bertz CT molecular complexity index is 203. The van der Waals surface area contributed by atoms with Crippen molar-refractivity contribution in [1.29, 1.82) is 0 Å². The smallest absolute Gasteiger partial charge is 0.0596 e. The van der Waals surface area contributed by atoms with Crippen LogP contribution < -0.4 is 0 Å². The number of likely N-dealkylation sites (tertiary alicyclic amines) is 1. The molecule has 88 valence electrons. The summed E-state index contributed by atoms with van der Waals surface area (Å²) in [6.07, 6.45) is 0.380. The van der Waals surface area contributed by atoms with Gasteiger partial charge < -0.3 is 9.64 Å². The molecule has 1 aliphatic carbocycles. The van der Waals surface area contributed by atoms with Crippen molar-refractivity contribution in [2.24, 2.45) is 23.7 Å². The monoisotopic (exact) mass is 211 g/mol. The number of piperidine rings is 1. The van der Waals surface area contributed by atoms with E-state index in [-0.39, 0.29) is 0 Å². The van der Waals surface area contributed by atoms with Crippen molar-refractivity contribution in [3.63, 3.8) is 0 Å². The predicted octanol–water partition coefficient (Wildman–Crippen LogP) is 2.25. The summed E-state index contributed by atoms with van der Waals surface area (Å²) in [6.45, 7) is 13.7. The highest BCUT2D eigenvalue weighted by Crippen LogP contribution is 2.55. The van der Waals surface area contributed by atoms with Crippen LogP contribution in [0.1, 0.15) is 27.7 Å². The van der Waals surface area contributed by atoms with Crippen molar-refractivity contribution >= 4 is 0 Å². The molecule has 0 bridgehead atoms. The fourth-order valence-electron chi connectivity index (χ4n) is 3.25. The summed E-state index contributed by atoms with van der Waals surface area (Å²) >= 11 is 0. The zero-order valence-electron chi connectivity index (χ0n) is 10.6. The number of nitrogens with zero attached hydrogens (tertiary/aromatic N) is 1. The lowest BCUT2D eigenvalue weighted by molar-refractivity contribution is 0.0601. The Morgan fingerprint density at radius 3 is 2.20 bits per heavy atom. The van der Waals surface area contributed by atoms with E-state index in [1.807, 2.05) is 0 Å². The van der Waals surface area contributed by atoms with Gasteiger partial charge in [0.25, 0.3) is 0 Å². The molecule has 0 aromatic carbocycles. The van der Waals surface area contributed by atoms with Crippen LogP contribution in [0.3, 0.4) is 0 Å². The van der Waals surface area contributed by atoms with Gasteiger partial charge in [0.15, 0.2) is 0 Å². The first-order valence-electron chi connectivity index (χ1n) is 6.43. The van der Waals surface area contributed by atoms with E-state index < -0.39 is 0 Å². The molecular formula is C13H25NO. The maximum Gasteiger partial charge on any atom is 0.0596 e. The van der Waals surface area contributed by atoms with Crippen LogP contribution in [0.15, 0.2) is 0 Å². The summed E-state index contributed by atoms with van der Waals surface area (Å²) in [6, 6.07) is 0. The van der Waals surface area contributed by atoms with Gasteiger partial charge in [-0.25, -0.2) is 0 Å². The molecule has 1 aliphatic heterocycles. The number of hydrogen-bond acceptors (Lipinski definition) is 2. The van der Waals surface area contributed by atoms with Gasteiger partial charge in [0, 0.05) is 19.6 Å². The fraction of sp³-hybridized carbons (Fsp3) is 1.00. The number of fused-ring (bicyclic) bond motifs is 1. The van der Waals surface area contributed by atoms with Crippen LogP contribution in [-0.4, -0.2) is 37.2 Å². The second-order valence-electron chi connectivity index (χ2n) is 5.83. The van der Waals surface area contributed by atoms with Gasteiger partial charge in [-0.2, -0.15) is 0 Å². The molecule has 2 rings (SSSR count). The molecule has 2 fully saturated rings. The molecule has 0 aromatic heterocycles. The highest BCUT2D eigenvalue weighted by Gasteiger charge is 2.56. The lowest BCUT2D eigenvalue weighted by atomic mass is 10.0. The van der Waals surface area contributed by atoms with Crippen molar-refractivity contribution in [3.05, 3.63) is 0 Å². The van der Waals surface area contributed by atoms with E-state index in [1.54, 1.807) is 0 Å². The first-order valence-corrected chi connectivity index (χ1v) is 6.43. The second kappa shape index (κ2) is 4.42.